The minimum atomic E-state index is -1.18. The largest absolute Gasteiger partial charge is 0.489 e. The SMILES string of the molecule is OCCOC1c2c(OCc3ccccc3)cc(OCc3ccccc3)cc2OC(c2ccc(OCc3ccccc3)c(OCc3ccccc3)c2)C1O. The van der Waals surface area contributed by atoms with E-state index in [1.165, 1.54) is 0 Å². The molecule has 1 heterocycles. The maximum absolute atomic E-state index is 12.0. The lowest BCUT2D eigenvalue weighted by molar-refractivity contribution is -0.108. The molecule has 3 unspecified atom stereocenters. The molecule has 0 saturated carbocycles. The van der Waals surface area contributed by atoms with Crippen molar-refractivity contribution in [1.82, 2.24) is 0 Å². The minimum Gasteiger partial charge on any atom is -0.489 e. The Labute approximate surface area is 309 Å². The monoisotopic (exact) mass is 710 g/mol. The van der Waals surface area contributed by atoms with Crippen LogP contribution in [0.2, 0.25) is 0 Å². The third kappa shape index (κ3) is 9.17. The van der Waals surface area contributed by atoms with Crippen LogP contribution in [0.1, 0.15) is 45.6 Å². The summed E-state index contributed by atoms with van der Waals surface area (Å²) in [5.41, 5.74) is 5.18. The van der Waals surface area contributed by atoms with Crippen molar-refractivity contribution in [3.8, 4) is 28.7 Å². The first-order valence-corrected chi connectivity index (χ1v) is 17.7. The molecular formula is C45H42O8. The van der Waals surface area contributed by atoms with Crippen LogP contribution >= 0.6 is 0 Å². The van der Waals surface area contributed by atoms with E-state index in [2.05, 4.69) is 0 Å². The molecule has 1 aliphatic rings. The third-order valence-electron chi connectivity index (χ3n) is 8.88. The second-order valence-corrected chi connectivity index (χ2v) is 12.7. The summed E-state index contributed by atoms with van der Waals surface area (Å²) < 4.78 is 38.1. The second kappa shape index (κ2) is 17.6. The fraction of sp³-hybridized carbons (Fsp3) is 0.200. The quantitative estimate of drug-likeness (QED) is 0.103. The topological polar surface area (TPSA) is 95.8 Å². The number of hydrogen-bond acceptors (Lipinski definition) is 8. The molecular weight excluding hydrogens is 668 g/mol. The fourth-order valence-electron chi connectivity index (χ4n) is 6.20. The molecule has 7 rings (SSSR count). The summed E-state index contributed by atoms with van der Waals surface area (Å²) in [7, 11) is 0. The molecule has 0 aliphatic carbocycles. The molecule has 0 aromatic heterocycles. The highest BCUT2D eigenvalue weighted by Crippen LogP contribution is 2.50. The summed E-state index contributed by atoms with van der Waals surface area (Å²) in [5.74, 6) is 2.48. The van der Waals surface area contributed by atoms with Crippen LogP contribution in [0.15, 0.2) is 152 Å². The molecule has 6 aromatic carbocycles. The molecule has 0 amide bonds. The zero-order chi connectivity index (χ0) is 36.2. The van der Waals surface area contributed by atoms with E-state index >= 15 is 0 Å². The van der Waals surface area contributed by atoms with Crippen LogP contribution in [-0.2, 0) is 31.2 Å². The Hall–Kier alpha value is -5.80. The van der Waals surface area contributed by atoms with Gasteiger partial charge in [-0.2, -0.15) is 0 Å². The predicted octanol–water partition coefficient (Wildman–Crippen LogP) is 8.55. The standard InChI is InChI=1S/C45H42O8/c46-23-24-48-45-42-40(52-31-35-19-11-4-12-20-35)26-37(49-28-32-13-5-1-6-14-32)27-41(42)53-44(43(45)47)36-21-22-38(50-29-33-15-7-2-8-16-33)39(25-36)51-30-34-17-9-3-10-18-34/h1-22,25-27,43-47H,23-24,28-31H2. The van der Waals surface area contributed by atoms with E-state index in [-0.39, 0.29) is 19.8 Å². The minimum absolute atomic E-state index is 0.00400. The first-order chi connectivity index (χ1) is 26.1. The lowest BCUT2D eigenvalue weighted by atomic mass is 9.91. The van der Waals surface area contributed by atoms with Crippen molar-refractivity contribution in [3.63, 3.8) is 0 Å². The Morgan fingerprint density at radius 1 is 0.509 bits per heavy atom. The van der Waals surface area contributed by atoms with Crippen LogP contribution in [0.4, 0.5) is 0 Å². The molecule has 53 heavy (non-hydrogen) atoms. The highest BCUT2D eigenvalue weighted by Gasteiger charge is 2.42. The van der Waals surface area contributed by atoms with Gasteiger partial charge in [0.2, 0.25) is 0 Å². The summed E-state index contributed by atoms with van der Waals surface area (Å²) >= 11 is 0. The Morgan fingerprint density at radius 3 is 1.53 bits per heavy atom. The van der Waals surface area contributed by atoms with Crippen molar-refractivity contribution in [1.29, 1.82) is 0 Å². The van der Waals surface area contributed by atoms with Gasteiger partial charge in [0, 0.05) is 12.1 Å². The summed E-state index contributed by atoms with van der Waals surface area (Å²) in [6.45, 7) is 1.04. The summed E-state index contributed by atoms with van der Waals surface area (Å²) in [6.07, 6.45) is -2.95. The van der Waals surface area contributed by atoms with Gasteiger partial charge in [0.1, 0.15) is 55.9 Å². The molecule has 2 N–H and O–H groups in total. The zero-order valence-electron chi connectivity index (χ0n) is 29.3. The maximum atomic E-state index is 12.0. The Bertz CT molecular complexity index is 2020. The predicted molar refractivity (Wildman–Crippen MR) is 201 cm³/mol. The fourth-order valence-corrected chi connectivity index (χ4v) is 6.20. The first kappa shape index (κ1) is 35.6. The molecule has 8 heteroatoms. The molecule has 6 aromatic rings. The van der Waals surface area contributed by atoms with Crippen LogP contribution in [0.25, 0.3) is 0 Å². The van der Waals surface area contributed by atoms with Crippen molar-refractivity contribution in [2.75, 3.05) is 13.2 Å². The molecule has 1 aliphatic heterocycles. The number of ether oxygens (including phenoxy) is 6. The van der Waals surface area contributed by atoms with Gasteiger partial charge < -0.3 is 38.6 Å². The lowest BCUT2D eigenvalue weighted by Crippen LogP contribution is -2.36. The van der Waals surface area contributed by atoms with Crippen molar-refractivity contribution in [2.24, 2.45) is 0 Å². The first-order valence-electron chi connectivity index (χ1n) is 17.7. The van der Waals surface area contributed by atoms with Gasteiger partial charge in [-0.15, -0.1) is 0 Å². The van der Waals surface area contributed by atoms with Gasteiger partial charge in [-0.05, 0) is 39.9 Å². The number of benzene rings is 6. The molecule has 0 fully saturated rings. The maximum Gasteiger partial charge on any atom is 0.162 e. The lowest BCUT2D eigenvalue weighted by Gasteiger charge is -2.38. The van der Waals surface area contributed by atoms with E-state index in [0.717, 1.165) is 22.3 Å². The highest BCUT2D eigenvalue weighted by molar-refractivity contribution is 5.55. The molecule has 8 nitrogen and oxygen atoms in total. The van der Waals surface area contributed by atoms with Gasteiger partial charge in [0.25, 0.3) is 0 Å². The van der Waals surface area contributed by atoms with E-state index < -0.39 is 18.3 Å². The summed E-state index contributed by atoms with van der Waals surface area (Å²) in [5, 5.41) is 21.8. The van der Waals surface area contributed by atoms with Crippen LogP contribution in [-0.4, -0.2) is 29.5 Å². The number of fused-ring (bicyclic) bond motifs is 1. The summed E-state index contributed by atoms with van der Waals surface area (Å²) in [4.78, 5) is 0. The van der Waals surface area contributed by atoms with Gasteiger partial charge in [-0.1, -0.05) is 127 Å². The molecule has 0 spiro atoms. The molecule has 0 bridgehead atoms. The van der Waals surface area contributed by atoms with Gasteiger partial charge >= 0.3 is 0 Å². The molecule has 0 radical (unpaired) electrons. The van der Waals surface area contributed by atoms with E-state index in [0.29, 0.717) is 59.7 Å². The third-order valence-corrected chi connectivity index (χ3v) is 8.88. The van der Waals surface area contributed by atoms with Crippen LogP contribution in [0, 0.1) is 0 Å². The van der Waals surface area contributed by atoms with Gasteiger partial charge in [0.05, 0.1) is 18.8 Å². The van der Waals surface area contributed by atoms with Gasteiger partial charge in [0.15, 0.2) is 17.6 Å². The average Bonchev–Trinajstić information content (AvgIpc) is 3.21. The number of aliphatic hydroxyl groups excluding tert-OH is 2. The molecule has 3 atom stereocenters. The van der Waals surface area contributed by atoms with Crippen molar-refractivity contribution in [2.45, 2.75) is 44.7 Å². The van der Waals surface area contributed by atoms with Gasteiger partial charge in [-0.25, -0.2) is 0 Å². The molecule has 270 valence electrons. The normalized spacial score (nSPS) is 16.2. The number of rotatable bonds is 16. The molecule has 0 saturated heterocycles. The van der Waals surface area contributed by atoms with Crippen LogP contribution in [0.3, 0.4) is 0 Å². The van der Waals surface area contributed by atoms with E-state index in [1.807, 2.05) is 140 Å². The van der Waals surface area contributed by atoms with Crippen molar-refractivity contribution < 1.29 is 38.6 Å². The Balaban J connectivity index is 1.23. The second-order valence-electron chi connectivity index (χ2n) is 12.7. The van der Waals surface area contributed by atoms with Gasteiger partial charge in [-0.3, -0.25) is 0 Å². The van der Waals surface area contributed by atoms with Crippen LogP contribution < -0.4 is 23.7 Å². The zero-order valence-corrected chi connectivity index (χ0v) is 29.3. The Kier molecular flexibility index (Phi) is 11.8. The smallest absolute Gasteiger partial charge is 0.162 e. The van der Waals surface area contributed by atoms with Crippen LogP contribution in [0.5, 0.6) is 28.7 Å². The highest BCUT2D eigenvalue weighted by atomic mass is 16.5. The van der Waals surface area contributed by atoms with Crippen molar-refractivity contribution in [3.05, 3.63) is 185 Å². The average molecular weight is 711 g/mol. The number of aliphatic hydroxyl groups is 2. The van der Waals surface area contributed by atoms with Crippen molar-refractivity contribution >= 4 is 0 Å². The van der Waals surface area contributed by atoms with E-state index in [4.69, 9.17) is 28.4 Å². The Morgan fingerprint density at radius 2 is 1.00 bits per heavy atom. The van der Waals surface area contributed by atoms with E-state index in [9.17, 15) is 10.2 Å². The van der Waals surface area contributed by atoms with E-state index in [1.54, 1.807) is 12.1 Å². The summed E-state index contributed by atoms with van der Waals surface area (Å²) in [6, 6.07) is 48.6. The number of hydrogen-bond donors (Lipinski definition) is 2.